The molecule has 1 aromatic carbocycles. The van der Waals surface area contributed by atoms with E-state index in [9.17, 15) is 0 Å². The molecule has 70 valence electrons. The van der Waals surface area contributed by atoms with Crippen molar-refractivity contribution in [1.29, 1.82) is 0 Å². The first-order valence-corrected chi connectivity index (χ1v) is 6.65. The lowest BCUT2D eigenvalue weighted by Gasteiger charge is -2.12. The van der Waals surface area contributed by atoms with E-state index >= 15 is 0 Å². The minimum Gasteiger partial charge on any atom is -0.491 e. The Hall–Kier alpha value is -0.750. The average molecular weight is 195 g/mol. The van der Waals surface area contributed by atoms with Crippen molar-refractivity contribution in [2.75, 3.05) is 25.7 Å². The van der Waals surface area contributed by atoms with E-state index < -0.39 is 0 Å². The summed E-state index contributed by atoms with van der Waals surface area (Å²) in [7, 11) is -0.0463. The molecule has 1 aromatic rings. The normalized spacial score (nSPS) is 14.4. The molecule has 0 radical (unpaired) electrons. The van der Waals surface area contributed by atoms with Gasteiger partial charge in [-0.25, -0.2) is 0 Å². The molecule has 0 bridgehead atoms. The molecule has 13 heavy (non-hydrogen) atoms. The smallest absolute Gasteiger partial charge is 0.146 e. The van der Waals surface area contributed by atoms with Gasteiger partial charge in [0.25, 0.3) is 0 Å². The van der Waals surface area contributed by atoms with Gasteiger partial charge in [0.1, 0.15) is 5.75 Å². The van der Waals surface area contributed by atoms with Crippen molar-refractivity contribution in [2.24, 2.45) is 0 Å². The Bertz CT molecular complexity index is 336. The van der Waals surface area contributed by atoms with Crippen LogP contribution < -0.4 is 15.8 Å². The summed E-state index contributed by atoms with van der Waals surface area (Å²) in [5, 5.41) is 1.44. The minimum absolute atomic E-state index is 0.0463. The fourth-order valence-corrected chi connectivity index (χ4v) is 2.85. The fraction of sp³-hybridized carbons (Fsp3) is 0.400. The number of benzene rings is 1. The molecule has 2 N–H and O–H groups in total. The highest BCUT2D eigenvalue weighted by Crippen LogP contribution is 2.36. The van der Waals surface area contributed by atoms with Crippen molar-refractivity contribution in [3.63, 3.8) is 0 Å². The van der Waals surface area contributed by atoms with Crippen LogP contribution in [0.2, 0.25) is 0 Å². The van der Waals surface area contributed by atoms with Crippen molar-refractivity contribution < 1.29 is 4.74 Å². The maximum absolute atomic E-state index is 5.82. The lowest BCUT2D eigenvalue weighted by Crippen LogP contribution is -2.06. The molecule has 0 atom stereocenters. The van der Waals surface area contributed by atoms with E-state index in [0.717, 1.165) is 24.5 Å². The molecule has 1 aliphatic rings. The third-order valence-corrected chi connectivity index (χ3v) is 3.73. The van der Waals surface area contributed by atoms with Crippen LogP contribution in [0, 0.1) is 0 Å². The van der Waals surface area contributed by atoms with Gasteiger partial charge in [-0.15, -0.1) is 0 Å². The second-order valence-corrected chi connectivity index (χ2v) is 5.75. The van der Waals surface area contributed by atoms with Gasteiger partial charge in [0.15, 0.2) is 0 Å². The summed E-state index contributed by atoms with van der Waals surface area (Å²) in [5.74, 6) is 0.939. The van der Waals surface area contributed by atoms with Crippen LogP contribution in [0.3, 0.4) is 0 Å². The van der Waals surface area contributed by atoms with Gasteiger partial charge in [-0.3, -0.25) is 0 Å². The molecule has 1 aliphatic heterocycles. The van der Waals surface area contributed by atoms with Gasteiger partial charge in [-0.2, -0.15) is 0 Å². The SMILES string of the molecule is CP(C)c1ccc(N)c2c1CCO2. The molecule has 0 fully saturated rings. The number of fused-ring (bicyclic) bond motifs is 1. The molecule has 0 aromatic heterocycles. The molecule has 0 saturated heterocycles. The summed E-state index contributed by atoms with van der Waals surface area (Å²) in [6, 6.07) is 4.11. The summed E-state index contributed by atoms with van der Waals surface area (Å²) < 4.78 is 5.51. The lowest BCUT2D eigenvalue weighted by molar-refractivity contribution is 0.358. The van der Waals surface area contributed by atoms with E-state index in [-0.39, 0.29) is 7.92 Å². The van der Waals surface area contributed by atoms with E-state index in [2.05, 4.69) is 19.4 Å². The van der Waals surface area contributed by atoms with E-state index in [0.29, 0.717) is 0 Å². The third kappa shape index (κ3) is 1.40. The molecule has 0 amide bonds. The molecular formula is C10H14NOP. The Morgan fingerprint density at radius 3 is 2.85 bits per heavy atom. The summed E-state index contributed by atoms with van der Waals surface area (Å²) in [6.07, 6.45) is 1.02. The van der Waals surface area contributed by atoms with Crippen molar-refractivity contribution >= 4 is 18.9 Å². The highest BCUT2D eigenvalue weighted by molar-refractivity contribution is 7.64. The Balaban J connectivity index is 2.56. The topological polar surface area (TPSA) is 35.2 Å². The fourth-order valence-electron chi connectivity index (χ4n) is 1.72. The predicted molar refractivity (Wildman–Crippen MR) is 58.5 cm³/mol. The molecular weight excluding hydrogens is 181 g/mol. The minimum atomic E-state index is -0.0463. The number of nitrogens with two attached hydrogens (primary N) is 1. The van der Waals surface area contributed by atoms with E-state index in [4.69, 9.17) is 10.5 Å². The Labute approximate surface area is 79.8 Å². The summed E-state index contributed by atoms with van der Waals surface area (Å²) in [6.45, 7) is 5.32. The van der Waals surface area contributed by atoms with Crippen molar-refractivity contribution in [3.05, 3.63) is 17.7 Å². The molecule has 0 saturated carbocycles. The molecule has 2 rings (SSSR count). The van der Waals surface area contributed by atoms with Crippen LogP contribution in [0.5, 0.6) is 5.75 Å². The standard InChI is InChI=1S/C10H14NOP/c1-13(2)9-4-3-8(11)10-7(9)5-6-12-10/h3-4H,5-6,11H2,1-2H3. The quantitative estimate of drug-likeness (QED) is 0.545. The molecule has 0 aliphatic carbocycles. The molecule has 0 unspecified atom stereocenters. The molecule has 0 spiro atoms. The largest absolute Gasteiger partial charge is 0.491 e. The van der Waals surface area contributed by atoms with Crippen molar-refractivity contribution in [2.45, 2.75) is 6.42 Å². The number of rotatable bonds is 1. The number of hydrogen-bond donors (Lipinski definition) is 1. The molecule has 3 heteroatoms. The first-order valence-electron chi connectivity index (χ1n) is 4.41. The molecule has 2 nitrogen and oxygen atoms in total. The monoisotopic (exact) mass is 195 g/mol. The maximum atomic E-state index is 5.82. The zero-order valence-electron chi connectivity index (χ0n) is 8.00. The maximum Gasteiger partial charge on any atom is 0.146 e. The first kappa shape index (κ1) is 8.83. The van der Waals surface area contributed by atoms with Gasteiger partial charge in [-0.05, 0) is 24.7 Å². The Kier molecular flexibility index (Phi) is 2.17. The van der Waals surface area contributed by atoms with E-state index in [1.165, 1.54) is 10.9 Å². The highest BCUT2D eigenvalue weighted by atomic mass is 31.1. The number of ether oxygens (including phenoxy) is 1. The lowest BCUT2D eigenvalue weighted by atomic mass is 10.1. The highest BCUT2D eigenvalue weighted by Gasteiger charge is 2.19. The van der Waals surface area contributed by atoms with E-state index in [1.54, 1.807) is 0 Å². The van der Waals surface area contributed by atoms with Gasteiger partial charge < -0.3 is 10.5 Å². The van der Waals surface area contributed by atoms with E-state index in [1.807, 2.05) is 6.07 Å². The van der Waals surface area contributed by atoms with Crippen molar-refractivity contribution in [3.8, 4) is 5.75 Å². The summed E-state index contributed by atoms with van der Waals surface area (Å²) >= 11 is 0. The molecule has 1 heterocycles. The predicted octanol–water partition coefficient (Wildman–Crippen LogP) is 1.57. The Morgan fingerprint density at radius 1 is 1.38 bits per heavy atom. The van der Waals surface area contributed by atoms with Crippen LogP contribution in [-0.2, 0) is 6.42 Å². The average Bonchev–Trinajstić information content (AvgIpc) is 2.53. The van der Waals surface area contributed by atoms with Gasteiger partial charge in [-0.1, -0.05) is 14.0 Å². The summed E-state index contributed by atoms with van der Waals surface area (Å²) in [5.41, 5.74) is 7.95. The van der Waals surface area contributed by atoms with Crippen molar-refractivity contribution in [1.82, 2.24) is 0 Å². The van der Waals surface area contributed by atoms with Crippen LogP contribution in [-0.4, -0.2) is 19.9 Å². The zero-order chi connectivity index (χ0) is 9.42. The number of nitrogen functional groups attached to an aromatic ring is 1. The number of hydrogen-bond acceptors (Lipinski definition) is 2. The van der Waals surface area contributed by atoms with Crippen LogP contribution >= 0.6 is 7.92 Å². The van der Waals surface area contributed by atoms with Crippen LogP contribution in [0.25, 0.3) is 0 Å². The van der Waals surface area contributed by atoms with Crippen LogP contribution in [0.1, 0.15) is 5.56 Å². The van der Waals surface area contributed by atoms with Crippen LogP contribution in [0.15, 0.2) is 12.1 Å². The summed E-state index contributed by atoms with van der Waals surface area (Å²) in [4.78, 5) is 0. The second-order valence-electron chi connectivity index (χ2n) is 3.47. The second kappa shape index (κ2) is 3.19. The van der Waals surface area contributed by atoms with Gasteiger partial charge >= 0.3 is 0 Å². The Morgan fingerprint density at radius 2 is 2.15 bits per heavy atom. The number of anilines is 1. The zero-order valence-corrected chi connectivity index (χ0v) is 8.90. The third-order valence-electron chi connectivity index (χ3n) is 2.35. The van der Waals surface area contributed by atoms with Gasteiger partial charge in [0, 0.05) is 12.0 Å². The van der Waals surface area contributed by atoms with Crippen LogP contribution in [0.4, 0.5) is 5.69 Å². The first-order chi connectivity index (χ1) is 6.20. The van der Waals surface area contributed by atoms with Gasteiger partial charge in [0.05, 0.1) is 12.3 Å². The van der Waals surface area contributed by atoms with Gasteiger partial charge in [0.2, 0.25) is 0 Å².